The van der Waals surface area contributed by atoms with Crippen LogP contribution in [-0.4, -0.2) is 43.0 Å². The van der Waals surface area contributed by atoms with Crippen molar-refractivity contribution in [1.29, 1.82) is 0 Å². The lowest BCUT2D eigenvalue weighted by Gasteiger charge is -2.17. The summed E-state index contributed by atoms with van der Waals surface area (Å²) in [4.78, 5) is 19.4. The summed E-state index contributed by atoms with van der Waals surface area (Å²) in [6, 6.07) is 16.0. The van der Waals surface area contributed by atoms with Gasteiger partial charge in [0.25, 0.3) is 5.91 Å². The van der Waals surface area contributed by atoms with E-state index in [2.05, 4.69) is 27.3 Å². The molecule has 0 saturated carbocycles. The lowest BCUT2D eigenvalue weighted by molar-refractivity contribution is 0.0949. The Morgan fingerprint density at radius 3 is 2.75 bits per heavy atom. The van der Waals surface area contributed by atoms with Gasteiger partial charge in [0.05, 0.1) is 23.9 Å². The molecule has 0 aliphatic heterocycles. The number of hydrogen-bond donors (Lipinski definition) is 1. The van der Waals surface area contributed by atoms with Gasteiger partial charge in [0.1, 0.15) is 5.75 Å². The lowest BCUT2D eigenvalue weighted by atomic mass is 10.1. The van der Waals surface area contributed by atoms with E-state index in [9.17, 15) is 4.79 Å². The van der Waals surface area contributed by atoms with E-state index in [-0.39, 0.29) is 5.91 Å². The molecule has 0 radical (unpaired) electrons. The van der Waals surface area contributed by atoms with Crippen LogP contribution in [0.25, 0.3) is 10.9 Å². The maximum Gasteiger partial charge on any atom is 0.253 e. The molecule has 0 atom stereocenters. The van der Waals surface area contributed by atoms with Crippen molar-refractivity contribution < 1.29 is 9.53 Å². The highest BCUT2D eigenvalue weighted by Gasteiger charge is 2.12. The Morgan fingerprint density at radius 1 is 1.14 bits per heavy atom. The molecule has 5 heteroatoms. The van der Waals surface area contributed by atoms with Crippen molar-refractivity contribution in [2.45, 2.75) is 20.4 Å². The van der Waals surface area contributed by atoms with Gasteiger partial charge in [-0.15, -0.1) is 0 Å². The van der Waals surface area contributed by atoms with Gasteiger partial charge in [-0.2, -0.15) is 0 Å². The Bertz CT molecular complexity index is 985. The maximum absolute atomic E-state index is 12.6. The van der Waals surface area contributed by atoms with Crippen LogP contribution in [0, 0.1) is 13.8 Å². The number of ether oxygens (including phenoxy) is 1. The molecule has 2 aromatic carbocycles. The zero-order chi connectivity index (χ0) is 20.1. The first-order valence-corrected chi connectivity index (χ1v) is 9.44. The lowest BCUT2D eigenvalue weighted by Crippen LogP contribution is -2.33. The van der Waals surface area contributed by atoms with Gasteiger partial charge in [-0.25, -0.2) is 0 Å². The fraction of sp³-hybridized carbons (Fsp3) is 0.304. The summed E-state index contributed by atoms with van der Waals surface area (Å²) < 4.78 is 5.27. The summed E-state index contributed by atoms with van der Waals surface area (Å²) in [6.07, 6.45) is 0. The molecule has 1 heterocycles. The number of rotatable bonds is 7. The van der Waals surface area contributed by atoms with Crippen molar-refractivity contribution >= 4 is 16.8 Å². The van der Waals surface area contributed by atoms with Crippen molar-refractivity contribution in [2.24, 2.45) is 0 Å². The molecular formula is C23H27N3O2. The van der Waals surface area contributed by atoms with Gasteiger partial charge in [-0.05, 0) is 56.8 Å². The zero-order valence-electron chi connectivity index (χ0n) is 17.0. The van der Waals surface area contributed by atoms with Gasteiger partial charge in [0, 0.05) is 25.0 Å². The number of benzene rings is 2. The third kappa shape index (κ3) is 4.87. The minimum Gasteiger partial charge on any atom is -0.497 e. The van der Waals surface area contributed by atoms with Gasteiger partial charge < -0.3 is 15.0 Å². The molecular weight excluding hydrogens is 350 g/mol. The molecule has 0 unspecified atom stereocenters. The molecule has 5 nitrogen and oxygen atoms in total. The van der Waals surface area contributed by atoms with E-state index in [4.69, 9.17) is 4.74 Å². The van der Waals surface area contributed by atoms with E-state index < -0.39 is 0 Å². The van der Waals surface area contributed by atoms with Crippen LogP contribution < -0.4 is 10.1 Å². The minimum atomic E-state index is -0.0804. The standard InChI is InChI=1S/C23H27N3O2/c1-16-8-9-22-19(12-16)14-21(17(2)25-22)23(27)24-10-11-26(3)15-18-6-5-7-20(13-18)28-4/h5-9,12-14H,10-11,15H2,1-4H3,(H,24,27). The number of carbonyl (C=O) groups excluding carboxylic acids is 1. The van der Waals surface area contributed by atoms with Crippen LogP contribution in [0.5, 0.6) is 5.75 Å². The van der Waals surface area contributed by atoms with Crippen molar-refractivity contribution in [3.63, 3.8) is 0 Å². The van der Waals surface area contributed by atoms with Crippen LogP contribution in [-0.2, 0) is 6.54 Å². The second kappa shape index (κ2) is 8.85. The summed E-state index contributed by atoms with van der Waals surface area (Å²) in [5, 5.41) is 4.00. The molecule has 1 amide bonds. The first kappa shape index (κ1) is 19.8. The molecule has 3 aromatic rings. The molecule has 0 saturated heterocycles. The molecule has 1 aromatic heterocycles. The van der Waals surface area contributed by atoms with Gasteiger partial charge >= 0.3 is 0 Å². The first-order chi connectivity index (χ1) is 13.5. The summed E-state index contributed by atoms with van der Waals surface area (Å²) in [5.74, 6) is 0.775. The van der Waals surface area contributed by atoms with Gasteiger partial charge in [0.15, 0.2) is 0 Å². The van der Waals surface area contributed by atoms with Gasteiger partial charge in [0.2, 0.25) is 0 Å². The molecule has 3 rings (SSSR count). The Labute approximate surface area is 166 Å². The normalized spacial score (nSPS) is 11.0. The molecule has 0 aliphatic carbocycles. The maximum atomic E-state index is 12.6. The van der Waals surface area contributed by atoms with Crippen molar-refractivity contribution in [2.75, 3.05) is 27.2 Å². The highest BCUT2D eigenvalue weighted by atomic mass is 16.5. The Balaban J connectivity index is 1.57. The van der Waals surface area contributed by atoms with Crippen LogP contribution in [0.1, 0.15) is 27.2 Å². The first-order valence-electron chi connectivity index (χ1n) is 9.44. The summed E-state index contributed by atoms with van der Waals surface area (Å²) in [6.45, 7) is 6.04. The number of amides is 1. The Kier molecular flexibility index (Phi) is 6.26. The quantitative estimate of drug-likeness (QED) is 0.682. The largest absolute Gasteiger partial charge is 0.497 e. The number of fused-ring (bicyclic) bond motifs is 1. The van der Waals surface area contributed by atoms with E-state index in [1.165, 1.54) is 5.56 Å². The van der Waals surface area contributed by atoms with Crippen LogP contribution >= 0.6 is 0 Å². The smallest absolute Gasteiger partial charge is 0.253 e. The molecule has 146 valence electrons. The number of pyridine rings is 1. The average Bonchev–Trinajstić information content (AvgIpc) is 2.67. The Hall–Kier alpha value is -2.92. The van der Waals surface area contributed by atoms with Crippen LogP contribution in [0.4, 0.5) is 0 Å². The van der Waals surface area contributed by atoms with E-state index in [1.807, 2.05) is 57.3 Å². The summed E-state index contributed by atoms with van der Waals surface area (Å²) in [7, 11) is 3.71. The number of hydrogen-bond acceptors (Lipinski definition) is 4. The zero-order valence-corrected chi connectivity index (χ0v) is 17.0. The predicted octanol–water partition coefficient (Wildman–Crippen LogP) is 3.72. The average molecular weight is 377 g/mol. The summed E-state index contributed by atoms with van der Waals surface area (Å²) in [5.41, 5.74) is 4.63. The SMILES string of the molecule is COc1cccc(CN(C)CCNC(=O)c2cc3cc(C)ccc3nc2C)c1. The van der Waals surface area contributed by atoms with Crippen molar-refractivity contribution in [3.05, 3.63) is 70.9 Å². The van der Waals surface area contributed by atoms with E-state index in [1.54, 1.807) is 7.11 Å². The highest BCUT2D eigenvalue weighted by Crippen LogP contribution is 2.18. The predicted molar refractivity (Wildman–Crippen MR) is 113 cm³/mol. The van der Waals surface area contributed by atoms with E-state index >= 15 is 0 Å². The molecule has 0 fully saturated rings. The topological polar surface area (TPSA) is 54.5 Å². The van der Waals surface area contributed by atoms with Crippen molar-refractivity contribution in [3.8, 4) is 5.75 Å². The number of methoxy groups -OCH3 is 1. The Morgan fingerprint density at radius 2 is 1.96 bits per heavy atom. The third-order valence-corrected chi connectivity index (χ3v) is 4.77. The number of carbonyl (C=O) groups is 1. The number of aryl methyl sites for hydroxylation is 2. The van der Waals surface area contributed by atoms with Gasteiger partial charge in [-0.1, -0.05) is 23.8 Å². The number of nitrogens with one attached hydrogen (secondary N) is 1. The fourth-order valence-corrected chi connectivity index (χ4v) is 3.24. The van der Waals surface area contributed by atoms with Gasteiger partial charge in [-0.3, -0.25) is 9.78 Å². The highest BCUT2D eigenvalue weighted by molar-refractivity contribution is 5.98. The third-order valence-electron chi connectivity index (χ3n) is 4.77. The molecule has 0 aliphatic rings. The fourth-order valence-electron chi connectivity index (χ4n) is 3.24. The van der Waals surface area contributed by atoms with Crippen LogP contribution in [0.2, 0.25) is 0 Å². The molecule has 1 N–H and O–H groups in total. The van der Waals surface area contributed by atoms with Crippen LogP contribution in [0.3, 0.4) is 0 Å². The van der Waals surface area contributed by atoms with E-state index in [0.717, 1.165) is 41.0 Å². The minimum absolute atomic E-state index is 0.0804. The number of aromatic nitrogens is 1. The molecule has 28 heavy (non-hydrogen) atoms. The molecule has 0 spiro atoms. The summed E-state index contributed by atoms with van der Waals surface area (Å²) >= 11 is 0. The second-order valence-corrected chi connectivity index (χ2v) is 7.16. The number of nitrogens with zero attached hydrogens (tertiary/aromatic N) is 2. The van der Waals surface area contributed by atoms with E-state index in [0.29, 0.717) is 12.1 Å². The number of likely N-dealkylation sites (N-methyl/N-ethyl adjacent to an activating group) is 1. The van der Waals surface area contributed by atoms with Crippen molar-refractivity contribution in [1.82, 2.24) is 15.2 Å². The van der Waals surface area contributed by atoms with Crippen LogP contribution in [0.15, 0.2) is 48.5 Å². The monoisotopic (exact) mass is 377 g/mol. The molecule has 0 bridgehead atoms. The second-order valence-electron chi connectivity index (χ2n) is 7.16.